The second-order valence-electron chi connectivity index (χ2n) is 4.50. The van der Waals surface area contributed by atoms with Crippen LogP contribution in [0.25, 0.3) is 10.6 Å². The van der Waals surface area contributed by atoms with E-state index in [4.69, 9.17) is 0 Å². The molecule has 1 unspecified atom stereocenters. The maximum Gasteiger partial charge on any atom is 0.147 e. The summed E-state index contributed by atoms with van der Waals surface area (Å²) in [4.78, 5) is 0. The van der Waals surface area contributed by atoms with E-state index in [0.29, 0.717) is 5.92 Å². The Bertz CT molecular complexity index is 535. The van der Waals surface area contributed by atoms with E-state index >= 15 is 0 Å². The van der Waals surface area contributed by atoms with Gasteiger partial charge in [0.25, 0.3) is 0 Å². The molecule has 3 rings (SSSR count). The quantitative estimate of drug-likeness (QED) is 0.905. The van der Waals surface area contributed by atoms with Crippen molar-refractivity contribution in [2.24, 2.45) is 0 Å². The molecule has 0 aliphatic carbocycles. The zero-order valence-electron chi connectivity index (χ0n) is 9.90. The second-order valence-corrected chi connectivity index (χ2v) is 5.51. The molecule has 1 aliphatic rings. The Balaban J connectivity index is 1.84. The zero-order valence-corrected chi connectivity index (χ0v) is 10.7. The Kier molecular flexibility index (Phi) is 3.34. The summed E-state index contributed by atoms with van der Waals surface area (Å²) in [5.41, 5.74) is 0.808. The molecule has 2 aromatic rings. The largest absolute Gasteiger partial charge is 0.316 e. The van der Waals surface area contributed by atoms with Crippen molar-refractivity contribution in [3.05, 3.63) is 35.1 Å². The topological polar surface area (TPSA) is 37.8 Å². The number of aromatic nitrogens is 2. The lowest BCUT2D eigenvalue weighted by Gasteiger charge is -2.19. The number of rotatable bonds is 2. The summed E-state index contributed by atoms with van der Waals surface area (Å²) in [6, 6.07) is 6.51. The number of hydrogen-bond acceptors (Lipinski definition) is 4. The van der Waals surface area contributed by atoms with Gasteiger partial charge in [0, 0.05) is 18.0 Å². The van der Waals surface area contributed by atoms with E-state index in [1.807, 2.05) is 6.07 Å². The molecule has 1 atom stereocenters. The van der Waals surface area contributed by atoms with Crippen molar-refractivity contribution in [2.75, 3.05) is 13.1 Å². The van der Waals surface area contributed by atoms with E-state index in [1.165, 1.54) is 18.6 Å². The van der Waals surface area contributed by atoms with Gasteiger partial charge in [-0.15, -0.1) is 10.2 Å². The third-order valence-corrected chi connectivity index (χ3v) is 4.29. The highest BCUT2D eigenvalue weighted by molar-refractivity contribution is 7.14. The maximum absolute atomic E-state index is 13.2. The van der Waals surface area contributed by atoms with Crippen LogP contribution in [0.2, 0.25) is 0 Å². The van der Waals surface area contributed by atoms with E-state index in [0.717, 1.165) is 35.1 Å². The molecular formula is C13H14FN3S. The molecule has 1 saturated heterocycles. The number of nitrogens with one attached hydrogen (secondary N) is 1. The molecule has 18 heavy (non-hydrogen) atoms. The van der Waals surface area contributed by atoms with Crippen LogP contribution in [0, 0.1) is 5.82 Å². The minimum absolute atomic E-state index is 0.233. The van der Waals surface area contributed by atoms with Crippen molar-refractivity contribution in [2.45, 2.75) is 18.8 Å². The van der Waals surface area contributed by atoms with Crippen LogP contribution in [0.15, 0.2) is 24.3 Å². The first-order chi connectivity index (χ1) is 8.83. The van der Waals surface area contributed by atoms with Crippen LogP contribution in [0.3, 0.4) is 0 Å². The van der Waals surface area contributed by atoms with Crippen molar-refractivity contribution in [3.8, 4) is 10.6 Å². The molecule has 0 amide bonds. The van der Waals surface area contributed by atoms with Crippen LogP contribution in [-0.2, 0) is 0 Å². The summed E-state index contributed by atoms with van der Waals surface area (Å²) in [5, 5.41) is 13.7. The Hall–Kier alpha value is -1.33. The molecule has 0 saturated carbocycles. The van der Waals surface area contributed by atoms with Crippen LogP contribution in [0.1, 0.15) is 23.8 Å². The molecule has 1 aromatic carbocycles. The monoisotopic (exact) mass is 263 g/mol. The van der Waals surface area contributed by atoms with Crippen molar-refractivity contribution in [1.82, 2.24) is 15.5 Å². The molecule has 1 aromatic heterocycles. The van der Waals surface area contributed by atoms with Gasteiger partial charge in [-0.1, -0.05) is 23.5 Å². The molecule has 0 radical (unpaired) electrons. The van der Waals surface area contributed by atoms with Crippen LogP contribution >= 0.6 is 11.3 Å². The maximum atomic E-state index is 13.2. The van der Waals surface area contributed by atoms with Crippen molar-refractivity contribution in [1.29, 1.82) is 0 Å². The van der Waals surface area contributed by atoms with Gasteiger partial charge in [0.05, 0.1) is 0 Å². The summed E-state index contributed by atoms with van der Waals surface area (Å²) in [6.45, 7) is 2.06. The minimum Gasteiger partial charge on any atom is -0.316 e. The van der Waals surface area contributed by atoms with Crippen LogP contribution in [-0.4, -0.2) is 23.3 Å². The van der Waals surface area contributed by atoms with Gasteiger partial charge in [-0.3, -0.25) is 0 Å². The third-order valence-electron chi connectivity index (χ3n) is 3.16. The van der Waals surface area contributed by atoms with Crippen LogP contribution in [0.4, 0.5) is 4.39 Å². The summed E-state index contributed by atoms with van der Waals surface area (Å²) >= 11 is 1.57. The average Bonchev–Trinajstić information content (AvgIpc) is 2.89. The number of hydrogen-bond donors (Lipinski definition) is 1. The number of piperidine rings is 1. The van der Waals surface area contributed by atoms with Gasteiger partial charge in [-0.2, -0.15) is 0 Å². The van der Waals surface area contributed by atoms with Gasteiger partial charge in [0.1, 0.15) is 15.8 Å². The fraction of sp³-hybridized carbons (Fsp3) is 0.385. The minimum atomic E-state index is -0.233. The van der Waals surface area contributed by atoms with Gasteiger partial charge in [-0.05, 0) is 31.5 Å². The van der Waals surface area contributed by atoms with E-state index in [1.54, 1.807) is 17.4 Å². The molecule has 1 fully saturated rings. The molecule has 0 bridgehead atoms. The molecule has 0 spiro atoms. The fourth-order valence-corrected chi connectivity index (χ4v) is 3.17. The Morgan fingerprint density at radius 2 is 2.28 bits per heavy atom. The van der Waals surface area contributed by atoms with Crippen LogP contribution in [0.5, 0.6) is 0 Å². The van der Waals surface area contributed by atoms with Gasteiger partial charge in [0.15, 0.2) is 0 Å². The Morgan fingerprint density at radius 1 is 1.33 bits per heavy atom. The average molecular weight is 263 g/mol. The third kappa shape index (κ3) is 2.42. The van der Waals surface area contributed by atoms with Crippen LogP contribution < -0.4 is 5.32 Å². The Morgan fingerprint density at radius 3 is 3.06 bits per heavy atom. The number of nitrogens with zero attached hydrogens (tertiary/aromatic N) is 2. The standard InChI is InChI=1S/C13H14FN3S/c14-11-5-1-3-9(7-11)12-16-17-13(18-12)10-4-2-6-15-8-10/h1,3,5,7,10,15H,2,4,6,8H2. The van der Waals surface area contributed by atoms with E-state index in [9.17, 15) is 4.39 Å². The van der Waals surface area contributed by atoms with Gasteiger partial charge in [0.2, 0.25) is 0 Å². The lowest BCUT2D eigenvalue weighted by Crippen LogP contribution is -2.28. The van der Waals surface area contributed by atoms with Crippen molar-refractivity contribution < 1.29 is 4.39 Å². The predicted molar refractivity (Wildman–Crippen MR) is 70.1 cm³/mol. The summed E-state index contributed by atoms with van der Waals surface area (Å²) < 4.78 is 13.2. The number of halogens is 1. The van der Waals surface area contributed by atoms with E-state index < -0.39 is 0 Å². The molecule has 94 valence electrons. The predicted octanol–water partition coefficient (Wildman–Crippen LogP) is 2.81. The van der Waals surface area contributed by atoms with Gasteiger partial charge in [-0.25, -0.2) is 4.39 Å². The summed E-state index contributed by atoms with van der Waals surface area (Å²) in [7, 11) is 0. The van der Waals surface area contributed by atoms with Crippen molar-refractivity contribution in [3.63, 3.8) is 0 Å². The lowest BCUT2D eigenvalue weighted by molar-refractivity contribution is 0.458. The fourth-order valence-electron chi connectivity index (χ4n) is 2.20. The first-order valence-corrected chi connectivity index (χ1v) is 6.94. The molecule has 3 nitrogen and oxygen atoms in total. The Labute approximate surface area is 109 Å². The van der Waals surface area contributed by atoms with Gasteiger partial charge >= 0.3 is 0 Å². The second kappa shape index (κ2) is 5.12. The molecule has 2 heterocycles. The molecular weight excluding hydrogens is 249 g/mol. The molecule has 1 N–H and O–H groups in total. The van der Waals surface area contributed by atoms with Crippen molar-refractivity contribution >= 4 is 11.3 Å². The molecule has 1 aliphatic heterocycles. The smallest absolute Gasteiger partial charge is 0.147 e. The summed E-state index contributed by atoms with van der Waals surface area (Å²) in [5.74, 6) is 0.224. The SMILES string of the molecule is Fc1cccc(-c2nnc(C3CCCNC3)s2)c1. The van der Waals surface area contributed by atoms with E-state index in [2.05, 4.69) is 15.5 Å². The molecule has 5 heteroatoms. The highest BCUT2D eigenvalue weighted by atomic mass is 32.1. The summed E-state index contributed by atoms with van der Waals surface area (Å²) in [6.07, 6.45) is 2.34. The first-order valence-electron chi connectivity index (χ1n) is 6.13. The van der Waals surface area contributed by atoms with E-state index in [-0.39, 0.29) is 5.82 Å². The highest BCUT2D eigenvalue weighted by Crippen LogP contribution is 2.30. The number of benzene rings is 1. The highest BCUT2D eigenvalue weighted by Gasteiger charge is 2.19. The normalized spacial score (nSPS) is 19.9. The first kappa shape index (κ1) is 11.7. The lowest BCUT2D eigenvalue weighted by atomic mass is 10.0. The van der Waals surface area contributed by atoms with Gasteiger partial charge < -0.3 is 5.32 Å². The zero-order chi connectivity index (χ0) is 12.4.